The van der Waals surface area contributed by atoms with Crippen molar-refractivity contribution in [2.24, 2.45) is 5.11 Å². The Morgan fingerprint density at radius 2 is 2.25 bits per heavy atom. The second-order valence-corrected chi connectivity index (χ2v) is 5.07. The minimum Gasteiger partial charge on any atom is -0.444 e. The van der Waals surface area contributed by atoms with Crippen LogP contribution in [-0.4, -0.2) is 18.2 Å². The van der Waals surface area contributed by atoms with Crippen LogP contribution in [0.2, 0.25) is 0 Å². The summed E-state index contributed by atoms with van der Waals surface area (Å²) in [5.41, 5.74) is 9.30. The van der Waals surface area contributed by atoms with Gasteiger partial charge in [-0.05, 0) is 37.9 Å². The number of alkyl carbamates (subject to hydrolysis) is 1. The predicted octanol–water partition coefficient (Wildman–Crippen LogP) is 4.17. The van der Waals surface area contributed by atoms with E-state index in [0.717, 1.165) is 5.56 Å². The summed E-state index contributed by atoms with van der Waals surface area (Å²) in [7, 11) is 0. The molecule has 0 spiro atoms. The zero-order valence-corrected chi connectivity index (χ0v) is 11.8. The van der Waals surface area contributed by atoms with E-state index in [1.807, 2.05) is 32.9 Å². The van der Waals surface area contributed by atoms with Crippen LogP contribution >= 0.6 is 0 Å². The van der Waals surface area contributed by atoms with Crippen LogP contribution in [0.3, 0.4) is 0 Å². The molecule has 0 aliphatic heterocycles. The van der Waals surface area contributed by atoms with Crippen molar-refractivity contribution < 1.29 is 9.53 Å². The van der Waals surface area contributed by atoms with E-state index < -0.39 is 11.7 Å². The van der Waals surface area contributed by atoms with Crippen molar-refractivity contribution in [3.63, 3.8) is 0 Å². The molecule has 0 aliphatic carbocycles. The van der Waals surface area contributed by atoms with E-state index in [1.54, 1.807) is 24.3 Å². The molecule has 0 aromatic heterocycles. The number of nitrogens with one attached hydrogen (secondary N) is 1. The summed E-state index contributed by atoms with van der Waals surface area (Å²) in [5.74, 6) is 0. The first-order valence-corrected chi connectivity index (χ1v) is 6.19. The lowest BCUT2D eigenvalue weighted by Gasteiger charge is -2.19. The number of amides is 1. The number of hydrogen-bond donors (Lipinski definition) is 1. The van der Waals surface area contributed by atoms with Crippen LogP contribution < -0.4 is 5.32 Å². The van der Waals surface area contributed by atoms with Crippen molar-refractivity contribution in [1.82, 2.24) is 5.32 Å². The molecule has 1 rings (SSSR count). The molecule has 0 atom stereocenters. The molecule has 6 nitrogen and oxygen atoms in total. The molecule has 1 aromatic rings. The lowest BCUT2D eigenvalue weighted by Crippen LogP contribution is -2.32. The number of carbonyl (C=O) groups is 1. The highest BCUT2D eigenvalue weighted by Crippen LogP contribution is 2.15. The van der Waals surface area contributed by atoms with Crippen molar-refractivity contribution in [2.45, 2.75) is 26.4 Å². The van der Waals surface area contributed by atoms with E-state index in [1.165, 1.54) is 0 Å². The van der Waals surface area contributed by atoms with Crippen molar-refractivity contribution in [3.05, 3.63) is 46.3 Å². The molecular formula is C14H18N4O2. The fourth-order valence-corrected chi connectivity index (χ4v) is 1.39. The molecule has 0 fully saturated rings. The first-order chi connectivity index (χ1) is 9.40. The molecule has 1 amide bonds. The van der Waals surface area contributed by atoms with Gasteiger partial charge in [-0.1, -0.05) is 35.5 Å². The molecule has 0 saturated heterocycles. The van der Waals surface area contributed by atoms with E-state index in [2.05, 4.69) is 15.3 Å². The molecule has 1 aromatic carbocycles. The molecule has 0 saturated carbocycles. The maximum Gasteiger partial charge on any atom is 0.407 e. The molecule has 0 heterocycles. The van der Waals surface area contributed by atoms with Crippen molar-refractivity contribution >= 4 is 17.9 Å². The summed E-state index contributed by atoms with van der Waals surface area (Å²) >= 11 is 0. The monoisotopic (exact) mass is 274 g/mol. The van der Waals surface area contributed by atoms with Gasteiger partial charge in [0.05, 0.1) is 0 Å². The van der Waals surface area contributed by atoms with Gasteiger partial charge in [0, 0.05) is 17.1 Å². The average Bonchev–Trinajstić information content (AvgIpc) is 2.33. The van der Waals surface area contributed by atoms with Crippen LogP contribution in [-0.2, 0) is 4.74 Å². The number of carbonyl (C=O) groups excluding carboxylic acids is 1. The van der Waals surface area contributed by atoms with Gasteiger partial charge in [-0.2, -0.15) is 0 Å². The smallest absolute Gasteiger partial charge is 0.407 e. The number of hydrogen-bond acceptors (Lipinski definition) is 3. The van der Waals surface area contributed by atoms with Crippen LogP contribution in [0.25, 0.3) is 16.5 Å². The third kappa shape index (κ3) is 6.47. The fraction of sp³-hybridized carbons (Fsp3) is 0.357. The number of ether oxygens (including phenoxy) is 1. The molecule has 0 radical (unpaired) electrons. The van der Waals surface area contributed by atoms with E-state index in [9.17, 15) is 4.79 Å². The van der Waals surface area contributed by atoms with Crippen LogP contribution in [0.4, 0.5) is 10.5 Å². The van der Waals surface area contributed by atoms with E-state index >= 15 is 0 Å². The fourth-order valence-electron chi connectivity index (χ4n) is 1.39. The zero-order chi connectivity index (χ0) is 15.0. The van der Waals surface area contributed by atoms with E-state index in [0.29, 0.717) is 12.2 Å². The normalized spacial score (nSPS) is 10.9. The van der Waals surface area contributed by atoms with E-state index in [4.69, 9.17) is 10.3 Å². The Morgan fingerprint density at radius 3 is 2.90 bits per heavy atom. The van der Waals surface area contributed by atoms with Gasteiger partial charge in [0.1, 0.15) is 5.60 Å². The van der Waals surface area contributed by atoms with Crippen molar-refractivity contribution in [1.29, 1.82) is 0 Å². The van der Waals surface area contributed by atoms with Crippen LogP contribution in [0.15, 0.2) is 35.5 Å². The number of rotatable bonds is 4. The highest BCUT2D eigenvalue weighted by Gasteiger charge is 2.14. The van der Waals surface area contributed by atoms with Gasteiger partial charge in [0.25, 0.3) is 0 Å². The molecular weight excluding hydrogens is 256 g/mol. The van der Waals surface area contributed by atoms with Crippen LogP contribution in [0, 0.1) is 0 Å². The lowest BCUT2D eigenvalue weighted by atomic mass is 10.2. The topological polar surface area (TPSA) is 87.1 Å². The zero-order valence-electron chi connectivity index (χ0n) is 11.8. The SMILES string of the molecule is CC(C)(C)OC(=O)NCC=Cc1cccc(N=[N+]=[N-])c1. The van der Waals surface area contributed by atoms with Crippen molar-refractivity contribution in [2.75, 3.05) is 6.54 Å². The Morgan fingerprint density at radius 1 is 1.50 bits per heavy atom. The molecule has 0 aliphatic rings. The highest BCUT2D eigenvalue weighted by atomic mass is 16.6. The van der Waals surface area contributed by atoms with Gasteiger partial charge < -0.3 is 10.1 Å². The Hall–Kier alpha value is -2.46. The summed E-state index contributed by atoms with van der Waals surface area (Å²) in [5, 5.41) is 6.14. The van der Waals surface area contributed by atoms with Gasteiger partial charge in [0.2, 0.25) is 0 Å². The molecule has 20 heavy (non-hydrogen) atoms. The highest BCUT2D eigenvalue weighted by molar-refractivity contribution is 5.68. The summed E-state index contributed by atoms with van der Waals surface area (Å²) in [6, 6.07) is 7.14. The largest absolute Gasteiger partial charge is 0.444 e. The maximum absolute atomic E-state index is 11.4. The van der Waals surface area contributed by atoms with Gasteiger partial charge >= 0.3 is 6.09 Å². The van der Waals surface area contributed by atoms with Gasteiger partial charge in [0.15, 0.2) is 0 Å². The second kappa shape index (κ2) is 7.21. The van der Waals surface area contributed by atoms with Crippen LogP contribution in [0.5, 0.6) is 0 Å². The third-order valence-corrected chi connectivity index (χ3v) is 2.10. The Bertz CT molecular complexity index is 540. The Labute approximate surface area is 118 Å². The number of nitrogens with zero attached hydrogens (tertiary/aromatic N) is 3. The quantitative estimate of drug-likeness (QED) is 0.507. The molecule has 0 bridgehead atoms. The minimum atomic E-state index is -0.503. The van der Waals surface area contributed by atoms with E-state index in [-0.39, 0.29) is 0 Å². The minimum absolute atomic E-state index is 0.362. The summed E-state index contributed by atoms with van der Waals surface area (Å²) in [6.45, 7) is 5.79. The molecule has 106 valence electrons. The van der Waals surface area contributed by atoms with Gasteiger partial charge in [-0.15, -0.1) is 0 Å². The Balaban J connectivity index is 2.47. The maximum atomic E-state index is 11.4. The molecule has 1 N–H and O–H groups in total. The predicted molar refractivity (Wildman–Crippen MR) is 78.5 cm³/mol. The average molecular weight is 274 g/mol. The third-order valence-electron chi connectivity index (χ3n) is 2.10. The van der Waals surface area contributed by atoms with Crippen molar-refractivity contribution in [3.8, 4) is 0 Å². The number of azide groups is 1. The Kier molecular flexibility index (Phi) is 5.62. The lowest BCUT2D eigenvalue weighted by molar-refractivity contribution is 0.0534. The van der Waals surface area contributed by atoms with Crippen LogP contribution in [0.1, 0.15) is 26.3 Å². The number of benzene rings is 1. The molecule has 0 unspecified atom stereocenters. The first kappa shape index (κ1) is 15.6. The van der Waals surface area contributed by atoms with Gasteiger partial charge in [-0.3, -0.25) is 0 Å². The summed E-state index contributed by atoms with van der Waals surface area (Å²) in [6.07, 6.45) is 3.16. The standard InChI is InChI=1S/C14H18N4O2/c1-14(2,3)20-13(19)16-9-5-7-11-6-4-8-12(10-11)17-18-15/h4-8,10H,9H2,1-3H3,(H,16,19). The summed E-state index contributed by atoms with van der Waals surface area (Å²) < 4.78 is 5.10. The second-order valence-electron chi connectivity index (χ2n) is 5.07. The summed E-state index contributed by atoms with van der Waals surface area (Å²) in [4.78, 5) is 14.1. The first-order valence-electron chi connectivity index (χ1n) is 6.19. The van der Waals surface area contributed by atoms with Gasteiger partial charge in [-0.25, -0.2) is 4.79 Å². The molecule has 6 heteroatoms.